The zero-order valence-electron chi connectivity index (χ0n) is 16.7. The summed E-state index contributed by atoms with van der Waals surface area (Å²) in [5, 5.41) is 67.4. The number of rotatable bonds is 1. The molecular weight excluding hydrogens is 364 g/mol. The number of carbonyl (C=O) groups excluding carboxylic acids is 1. The van der Waals surface area contributed by atoms with E-state index >= 15 is 0 Å². The van der Waals surface area contributed by atoms with Crippen LogP contribution in [0.15, 0.2) is 11.6 Å². The van der Waals surface area contributed by atoms with E-state index in [0.29, 0.717) is 19.3 Å². The Kier molecular flexibility index (Phi) is 4.13. The Balaban J connectivity index is 1.92. The molecule has 0 aromatic rings. The topological polar surface area (TPSA) is 138 Å². The van der Waals surface area contributed by atoms with Gasteiger partial charge in [0.25, 0.3) is 0 Å². The molecule has 4 aliphatic carbocycles. The van der Waals surface area contributed by atoms with Crippen LogP contribution in [0.2, 0.25) is 0 Å². The average Bonchev–Trinajstić information content (AvgIpc) is 2.85. The summed E-state index contributed by atoms with van der Waals surface area (Å²) in [5.74, 6) is -1.48. The van der Waals surface area contributed by atoms with Gasteiger partial charge in [0, 0.05) is 5.92 Å². The van der Waals surface area contributed by atoms with Gasteiger partial charge in [0.1, 0.15) is 16.8 Å². The predicted octanol–water partition coefficient (Wildman–Crippen LogP) is -0.198. The summed E-state index contributed by atoms with van der Waals surface area (Å²) in [5.41, 5.74) is -7.42. The maximum absolute atomic E-state index is 12.3. The molecule has 0 amide bonds. The van der Waals surface area contributed by atoms with Gasteiger partial charge in [0.2, 0.25) is 0 Å². The van der Waals surface area contributed by atoms with Gasteiger partial charge >= 0.3 is 0 Å². The first-order chi connectivity index (χ1) is 12.8. The molecule has 9 atom stereocenters. The highest BCUT2D eigenvalue weighted by Crippen LogP contribution is 2.70. The molecule has 0 aromatic carbocycles. The van der Waals surface area contributed by atoms with Gasteiger partial charge in [-0.3, -0.25) is 4.79 Å². The van der Waals surface area contributed by atoms with Crippen molar-refractivity contribution in [3.05, 3.63) is 11.6 Å². The molecule has 0 spiro atoms. The third-order valence-electron chi connectivity index (χ3n) is 9.17. The first-order valence-corrected chi connectivity index (χ1v) is 10.2. The van der Waals surface area contributed by atoms with Gasteiger partial charge in [0.05, 0.1) is 23.7 Å². The van der Waals surface area contributed by atoms with Gasteiger partial charge in [-0.15, -0.1) is 0 Å². The third-order valence-corrected chi connectivity index (χ3v) is 9.17. The molecule has 28 heavy (non-hydrogen) atoms. The molecule has 158 valence electrons. The lowest BCUT2D eigenvalue weighted by Gasteiger charge is -2.68. The van der Waals surface area contributed by atoms with E-state index in [1.54, 1.807) is 0 Å². The third kappa shape index (κ3) is 1.94. The van der Waals surface area contributed by atoms with E-state index in [2.05, 4.69) is 0 Å². The molecule has 3 saturated carbocycles. The van der Waals surface area contributed by atoms with Crippen molar-refractivity contribution < 1.29 is 35.4 Å². The van der Waals surface area contributed by atoms with Crippen LogP contribution in [0.25, 0.3) is 0 Å². The predicted molar refractivity (Wildman–Crippen MR) is 99.0 cm³/mol. The largest absolute Gasteiger partial charge is 0.393 e. The Morgan fingerprint density at radius 1 is 1.07 bits per heavy atom. The van der Waals surface area contributed by atoms with E-state index in [0.717, 1.165) is 5.57 Å². The highest BCUT2D eigenvalue weighted by Gasteiger charge is 2.82. The fourth-order valence-electron chi connectivity index (χ4n) is 7.35. The Morgan fingerprint density at radius 2 is 1.71 bits per heavy atom. The normalized spacial score (nSPS) is 58.4. The quantitative estimate of drug-likeness (QED) is 0.338. The van der Waals surface area contributed by atoms with Crippen LogP contribution in [0.5, 0.6) is 0 Å². The molecule has 0 aromatic heterocycles. The van der Waals surface area contributed by atoms with E-state index in [9.17, 15) is 35.4 Å². The van der Waals surface area contributed by atoms with Crippen molar-refractivity contribution in [3.8, 4) is 0 Å². The van der Waals surface area contributed by atoms with Crippen LogP contribution in [-0.4, -0.2) is 71.5 Å². The molecule has 4 rings (SSSR count). The van der Waals surface area contributed by atoms with Crippen molar-refractivity contribution >= 4 is 5.78 Å². The lowest BCUT2D eigenvalue weighted by atomic mass is 9.41. The molecule has 0 saturated heterocycles. The van der Waals surface area contributed by atoms with E-state index < -0.39 is 57.6 Å². The molecule has 0 heterocycles. The average molecular weight is 396 g/mol. The number of Topliss-reactive ketones (excluding diaryl/α,β-unsaturated/α-hetero) is 1. The summed E-state index contributed by atoms with van der Waals surface area (Å²) in [6, 6.07) is 0. The minimum atomic E-state index is -2.05. The van der Waals surface area contributed by atoms with Crippen molar-refractivity contribution in [2.75, 3.05) is 0 Å². The molecule has 4 aliphatic rings. The van der Waals surface area contributed by atoms with Crippen molar-refractivity contribution in [1.29, 1.82) is 0 Å². The standard InChI is InChI=1S/C21H32O7/c1-11(22)19(26)8-9-21(28)18(19,3)16(25)14(24)15-17(2)6-5-13(23)10-12(17)4-7-20(15,21)27/h4,13-16,23-28H,5-10H2,1-3H3/t13-,14-,15+,16+,17-,18+,19-,20-,21+/m0/s1. The number of ketones is 1. The molecule has 6 N–H and O–H groups in total. The summed E-state index contributed by atoms with van der Waals surface area (Å²) >= 11 is 0. The van der Waals surface area contributed by atoms with Gasteiger partial charge in [-0.1, -0.05) is 25.5 Å². The van der Waals surface area contributed by atoms with Crippen LogP contribution >= 0.6 is 0 Å². The number of hydrogen-bond acceptors (Lipinski definition) is 7. The Labute approximate surface area is 164 Å². The molecule has 3 fully saturated rings. The molecule has 0 aliphatic heterocycles. The van der Waals surface area contributed by atoms with Crippen molar-refractivity contribution in [3.63, 3.8) is 0 Å². The van der Waals surface area contributed by atoms with Gasteiger partial charge in [-0.05, 0) is 50.9 Å². The highest BCUT2D eigenvalue weighted by molar-refractivity contribution is 5.87. The van der Waals surface area contributed by atoms with Crippen LogP contribution in [0.1, 0.15) is 59.3 Å². The van der Waals surface area contributed by atoms with Gasteiger partial charge in [0.15, 0.2) is 5.78 Å². The maximum atomic E-state index is 12.3. The smallest absolute Gasteiger partial charge is 0.162 e. The van der Waals surface area contributed by atoms with Crippen LogP contribution in [0.4, 0.5) is 0 Å². The molecule has 7 nitrogen and oxygen atoms in total. The first kappa shape index (κ1) is 20.4. The monoisotopic (exact) mass is 396 g/mol. The van der Waals surface area contributed by atoms with E-state index in [-0.39, 0.29) is 19.3 Å². The molecule has 0 unspecified atom stereocenters. The van der Waals surface area contributed by atoms with Crippen LogP contribution in [0.3, 0.4) is 0 Å². The Bertz CT molecular complexity index is 751. The number of hydrogen-bond donors (Lipinski definition) is 6. The van der Waals surface area contributed by atoms with Crippen LogP contribution in [0, 0.1) is 16.7 Å². The Hall–Kier alpha value is -0.830. The summed E-state index contributed by atoms with van der Waals surface area (Å²) in [6.45, 7) is 4.50. The van der Waals surface area contributed by atoms with Crippen LogP contribution in [-0.2, 0) is 4.79 Å². The number of carbonyl (C=O) groups is 1. The number of aliphatic hydroxyl groups excluding tert-OH is 3. The molecule has 0 radical (unpaired) electrons. The minimum absolute atomic E-state index is 0.0269. The second kappa shape index (κ2) is 5.65. The summed E-state index contributed by atoms with van der Waals surface area (Å²) < 4.78 is 0. The summed E-state index contributed by atoms with van der Waals surface area (Å²) in [6.07, 6.45) is -0.399. The highest BCUT2D eigenvalue weighted by atomic mass is 16.4. The fraction of sp³-hybridized carbons (Fsp3) is 0.857. The van der Waals surface area contributed by atoms with E-state index in [1.165, 1.54) is 13.8 Å². The fourth-order valence-corrected chi connectivity index (χ4v) is 7.35. The minimum Gasteiger partial charge on any atom is -0.393 e. The van der Waals surface area contributed by atoms with Crippen molar-refractivity contribution in [2.45, 2.75) is 94.4 Å². The van der Waals surface area contributed by atoms with Crippen molar-refractivity contribution in [1.82, 2.24) is 0 Å². The first-order valence-electron chi connectivity index (χ1n) is 10.2. The summed E-state index contributed by atoms with van der Waals surface area (Å²) in [4.78, 5) is 12.3. The molecule has 0 bridgehead atoms. The van der Waals surface area contributed by atoms with Gasteiger partial charge in [-0.2, -0.15) is 0 Å². The zero-order valence-corrected chi connectivity index (χ0v) is 16.7. The Morgan fingerprint density at radius 3 is 2.32 bits per heavy atom. The van der Waals surface area contributed by atoms with E-state index in [4.69, 9.17) is 0 Å². The van der Waals surface area contributed by atoms with E-state index in [1.807, 2.05) is 13.0 Å². The lowest BCUT2D eigenvalue weighted by Crippen LogP contribution is -2.81. The second-order valence-electron chi connectivity index (χ2n) is 10.1. The van der Waals surface area contributed by atoms with Gasteiger partial charge in [-0.25, -0.2) is 0 Å². The molecular formula is C21H32O7. The SMILES string of the molecule is CC(=O)[C@@]1(O)CC[C@@]2(O)[C@]1(C)[C@H](O)[C@@H](O)[C@@H]1[C@@]3(C)CC[C@H](O)CC3=CC[C@]12O. The zero-order chi connectivity index (χ0) is 20.9. The number of fused-ring (bicyclic) bond motifs is 5. The van der Waals surface area contributed by atoms with Crippen LogP contribution < -0.4 is 0 Å². The second-order valence-corrected chi connectivity index (χ2v) is 10.1. The summed E-state index contributed by atoms with van der Waals surface area (Å²) in [7, 11) is 0. The maximum Gasteiger partial charge on any atom is 0.162 e. The van der Waals surface area contributed by atoms with Gasteiger partial charge < -0.3 is 30.6 Å². The van der Waals surface area contributed by atoms with Crippen molar-refractivity contribution in [2.24, 2.45) is 16.7 Å². The number of aliphatic hydroxyl groups is 6. The molecule has 7 heteroatoms. The lowest BCUT2D eigenvalue weighted by molar-refractivity contribution is -0.340.